The molecule has 2 rings (SSSR count). The van der Waals surface area contributed by atoms with Gasteiger partial charge in [0.15, 0.2) is 0 Å². The summed E-state index contributed by atoms with van der Waals surface area (Å²) in [6.07, 6.45) is 10.8. The Kier molecular flexibility index (Phi) is 6.80. The van der Waals surface area contributed by atoms with Crippen LogP contribution in [-0.4, -0.2) is 17.5 Å². The quantitative estimate of drug-likeness (QED) is 0.839. The normalized spacial score (nSPS) is 33.0. The Morgan fingerprint density at radius 2 is 1.75 bits per heavy atom. The molecule has 4 heteroatoms. The largest absolute Gasteiger partial charge is 0.353 e. The molecule has 2 saturated carbocycles. The minimum atomic E-state index is -0.311. The number of carbonyl (C=O) groups is 1. The zero-order chi connectivity index (χ0) is 13.9. The van der Waals surface area contributed by atoms with Crippen LogP contribution in [0.25, 0.3) is 0 Å². The van der Waals surface area contributed by atoms with Crippen molar-refractivity contribution in [3.05, 3.63) is 0 Å². The van der Waals surface area contributed by atoms with Crippen LogP contribution >= 0.6 is 12.4 Å². The molecule has 0 spiro atoms. The van der Waals surface area contributed by atoms with Crippen molar-refractivity contribution in [3.8, 4) is 0 Å². The van der Waals surface area contributed by atoms with Crippen LogP contribution in [0.1, 0.15) is 71.6 Å². The molecule has 0 aromatic carbocycles. The Bertz CT molecular complexity index is 314. The van der Waals surface area contributed by atoms with E-state index in [0.717, 1.165) is 25.7 Å². The van der Waals surface area contributed by atoms with Crippen LogP contribution in [0.5, 0.6) is 0 Å². The Hall–Kier alpha value is -0.280. The smallest absolute Gasteiger partial charge is 0.225 e. The molecule has 2 aliphatic rings. The number of hydrogen-bond donors (Lipinski definition) is 2. The molecule has 0 saturated heterocycles. The van der Waals surface area contributed by atoms with Crippen LogP contribution < -0.4 is 11.1 Å². The molecule has 20 heavy (non-hydrogen) atoms. The first-order valence-corrected chi connectivity index (χ1v) is 8.10. The number of nitrogens with two attached hydrogens (primary N) is 1. The Balaban J connectivity index is 0.00000200. The SMILES string of the molecule is CC(NC(=O)C1CCCCC1(C)N)C1CCCCC1.Cl. The van der Waals surface area contributed by atoms with E-state index in [1.54, 1.807) is 0 Å². The first-order chi connectivity index (χ1) is 9.00. The van der Waals surface area contributed by atoms with Crippen molar-refractivity contribution in [1.29, 1.82) is 0 Å². The lowest BCUT2D eigenvalue weighted by molar-refractivity contribution is -0.129. The zero-order valence-electron chi connectivity index (χ0n) is 13.0. The molecule has 0 heterocycles. The van der Waals surface area contributed by atoms with E-state index in [1.165, 1.54) is 32.1 Å². The third kappa shape index (κ3) is 4.36. The summed E-state index contributed by atoms with van der Waals surface area (Å²) in [6.45, 7) is 4.21. The highest BCUT2D eigenvalue weighted by Crippen LogP contribution is 2.32. The summed E-state index contributed by atoms with van der Waals surface area (Å²) in [6, 6.07) is 0.311. The number of hydrogen-bond acceptors (Lipinski definition) is 2. The van der Waals surface area contributed by atoms with Gasteiger partial charge in [-0.3, -0.25) is 4.79 Å². The summed E-state index contributed by atoms with van der Waals surface area (Å²) >= 11 is 0. The summed E-state index contributed by atoms with van der Waals surface area (Å²) < 4.78 is 0. The highest BCUT2D eigenvalue weighted by molar-refractivity contribution is 5.85. The van der Waals surface area contributed by atoms with Crippen molar-refractivity contribution in [2.45, 2.75) is 83.2 Å². The van der Waals surface area contributed by atoms with Gasteiger partial charge in [0.2, 0.25) is 5.91 Å². The van der Waals surface area contributed by atoms with E-state index in [4.69, 9.17) is 5.73 Å². The number of amides is 1. The predicted molar refractivity (Wildman–Crippen MR) is 86.0 cm³/mol. The molecule has 3 nitrogen and oxygen atoms in total. The van der Waals surface area contributed by atoms with Crippen molar-refractivity contribution < 1.29 is 4.79 Å². The van der Waals surface area contributed by atoms with E-state index in [-0.39, 0.29) is 29.8 Å². The van der Waals surface area contributed by atoms with Gasteiger partial charge in [0.1, 0.15) is 0 Å². The molecule has 0 bridgehead atoms. The van der Waals surface area contributed by atoms with Gasteiger partial charge in [0.25, 0.3) is 0 Å². The van der Waals surface area contributed by atoms with Gasteiger partial charge in [-0.05, 0) is 45.4 Å². The fourth-order valence-corrected chi connectivity index (χ4v) is 3.87. The molecular formula is C16H31ClN2O. The summed E-state index contributed by atoms with van der Waals surface area (Å²) in [7, 11) is 0. The van der Waals surface area contributed by atoms with E-state index in [0.29, 0.717) is 12.0 Å². The second kappa shape index (κ2) is 7.65. The number of halogens is 1. The van der Waals surface area contributed by atoms with E-state index >= 15 is 0 Å². The standard InChI is InChI=1S/C16H30N2O.ClH/c1-12(13-8-4-3-5-9-13)18-15(19)14-10-6-7-11-16(14,2)17;/h12-14H,3-11,17H2,1-2H3,(H,18,19);1H. The fourth-order valence-electron chi connectivity index (χ4n) is 3.87. The van der Waals surface area contributed by atoms with Crippen LogP contribution in [0, 0.1) is 11.8 Å². The van der Waals surface area contributed by atoms with E-state index in [9.17, 15) is 4.79 Å². The molecule has 0 aliphatic heterocycles. The summed E-state index contributed by atoms with van der Waals surface area (Å²) in [5.74, 6) is 0.875. The predicted octanol–water partition coefficient (Wildman–Crippen LogP) is 3.40. The van der Waals surface area contributed by atoms with Crippen molar-refractivity contribution in [2.24, 2.45) is 17.6 Å². The van der Waals surface area contributed by atoms with Gasteiger partial charge >= 0.3 is 0 Å². The average Bonchev–Trinajstić information content (AvgIpc) is 2.39. The first-order valence-electron chi connectivity index (χ1n) is 8.10. The van der Waals surface area contributed by atoms with Gasteiger partial charge in [-0.15, -0.1) is 12.4 Å². The van der Waals surface area contributed by atoms with Crippen LogP contribution in [0.15, 0.2) is 0 Å². The third-order valence-electron chi connectivity index (χ3n) is 5.30. The molecular weight excluding hydrogens is 272 g/mol. The number of rotatable bonds is 3. The van der Waals surface area contributed by atoms with Crippen LogP contribution in [0.2, 0.25) is 0 Å². The second-order valence-corrected chi connectivity index (χ2v) is 7.00. The van der Waals surface area contributed by atoms with Gasteiger partial charge in [-0.1, -0.05) is 32.1 Å². The lowest BCUT2D eigenvalue weighted by atomic mass is 9.74. The molecule has 3 N–H and O–H groups in total. The molecule has 2 aliphatic carbocycles. The molecule has 2 fully saturated rings. The van der Waals surface area contributed by atoms with Gasteiger partial charge in [0, 0.05) is 11.6 Å². The lowest BCUT2D eigenvalue weighted by Crippen LogP contribution is -2.54. The maximum absolute atomic E-state index is 12.5. The summed E-state index contributed by atoms with van der Waals surface area (Å²) in [5.41, 5.74) is 6.01. The van der Waals surface area contributed by atoms with E-state index in [1.807, 2.05) is 6.92 Å². The summed E-state index contributed by atoms with van der Waals surface area (Å²) in [4.78, 5) is 12.5. The summed E-state index contributed by atoms with van der Waals surface area (Å²) in [5, 5.41) is 3.26. The molecule has 0 radical (unpaired) electrons. The number of carbonyl (C=O) groups excluding carboxylic acids is 1. The van der Waals surface area contributed by atoms with Crippen molar-refractivity contribution >= 4 is 18.3 Å². The third-order valence-corrected chi connectivity index (χ3v) is 5.30. The van der Waals surface area contributed by atoms with E-state index in [2.05, 4.69) is 12.2 Å². The molecule has 3 unspecified atom stereocenters. The van der Waals surface area contributed by atoms with Crippen LogP contribution in [0.3, 0.4) is 0 Å². The molecule has 118 valence electrons. The zero-order valence-corrected chi connectivity index (χ0v) is 13.8. The van der Waals surface area contributed by atoms with Crippen molar-refractivity contribution in [1.82, 2.24) is 5.32 Å². The highest BCUT2D eigenvalue weighted by atomic mass is 35.5. The van der Waals surface area contributed by atoms with Crippen molar-refractivity contribution in [3.63, 3.8) is 0 Å². The Labute approximate surface area is 129 Å². The lowest BCUT2D eigenvalue weighted by Gasteiger charge is -2.38. The minimum absolute atomic E-state index is 0. The molecule has 0 aromatic rings. The van der Waals surface area contributed by atoms with Gasteiger partial charge in [-0.25, -0.2) is 0 Å². The maximum Gasteiger partial charge on any atom is 0.225 e. The van der Waals surface area contributed by atoms with Gasteiger partial charge in [-0.2, -0.15) is 0 Å². The van der Waals surface area contributed by atoms with Crippen LogP contribution in [-0.2, 0) is 4.79 Å². The minimum Gasteiger partial charge on any atom is -0.353 e. The van der Waals surface area contributed by atoms with E-state index < -0.39 is 0 Å². The van der Waals surface area contributed by atoms with Crippen molar-refractivity contribution in [2.75, 3.05) is 0 Å². The monoisotopic (exact) mass is 302 g/mol. The average molecular weight is 303 g/mol. The fraction of sp³-hybridized carbons (Fsp3) is 0.938. The second-order valence-electron chi connectivity index (χ2n) is 7.00. The molecule has 0 aromatic heterocycles. The molecule has 1 amide bonds. The Morgan fingerprint density at radius 3 is 2.35 bits per heavy atom. The first kappa shape index (κ1) is 17.8. The molecule has 3 atom stereocenters. The Morgan fingerprint density at radius 1 is 1.15 bits per heavy atom. The maximum atomic E-state index is 12.5. The highest BCUT2D eigenvalue weighted by Gasteiger charge is 2.38. The van der Waals surface area contributed by atoms with Gasteiger partial charge in [0.05, 0.1) is 5.92 Å². The topological polar surface area (TPSA) is 55.1 Å². The van der Waals surface area contributed by atoms with Crippen LogP contribution in [0.4, 0.5) is 0 Å². The number of nitrogens with one attached hydrogen (secondary N) is 1. The van der Waals surface area contributed by atoms with Gasteiger partial charge < -0.3 is 11.1 Å².